The Morgan fingerprint density at radius 1 is 1.12 bits per heavy atom. The zero-order valence-electron chi connectivity index (χ0n) is 18.3. The Labute approximate surface area is 195 Å². The number of hydrogen-bond donors (Lipinski definition) is 0. The van der Waals surface area contributed by atoms with Crippen molar-refractivity contribution >= 4 is 17.7 Å². The summed E-state index contributed by atoms with van der Waals surface area (Å²) in [6, 6.07) is 15.2. The Morgan fingerprint density at radius 2 is 1.91 bits per heavy atom. The normalized spacial score (nSPS) is 17.0. The average Bonchev–Trinajstić information content (AvgIpc) is 3.55. The van der Waals surface area contributed by atoms with Crippen LogP contribution in [-0.4, -0.2) is 23.4 Å². The van der Waals surface area contributed by atoms with E-state index in [2.05, 4.69) is 0 Å². The van der Waals surface area contributed by atoms with Crippen LogP contribution < -0.4 is 10.3 Å². The highest BCUT2D eigenvalue weighted by Crippen LogP contribution is 2.48. The van der Waals surface area contributed by atoms with Gasteiger partial charge in [-0.25, -0.2) is 9.18 Å². The zero-order chi connectivity index (χ0) is 22.9. The maximum absolute atomic E-state index is 13.1. The summed E-state index contributed by atoms with van der Waals surface area (Å²) in [5.41, 5.74) is 3.99. The van der Waals surface area contributed by atoms with Crippen LogP contribution in [0.25, 0.3) is 0 Å². The summed E-state index contributed by atoms with van der Waals surface area (Å²) >= 11 is 1.57. The summed E-state index contributed by atoms with van der Waals surface area (Å²) in [4.78, 5) is 25.2. The van der Waals surface area contributed by atoms with Crippen LogP contribution >= 0.6 is 11.8 Å². The monoisotopic (exact) mass is 465 g/mol. The van der Waals surface area contributed by atoms with Crippen molar-refractivity contribution in [3.05, 3.63) is 93.0 Å². The van der Waals surface area contributed by atoms with Crippen LogP contribution in [0.15, 0.2) is 64.4 Å². The number of benzene rings is 2. The molecule has 0 amide bonds. The number of halogens is 1. The largest absolute Gasteiger partial charge is 0.489 e. The molecule has 0 bridgehead atoms. The first kappa shape index (κ1) is 21.8. The SMILES string of the molecule is COC(=O)[C@@H]1CSc2c(C3CC3)c(Cc3cccc(OCc4ccc(F)cc4)c3)cc(=O)n21. The molecular formula is C26H24FNO4S. The first-order chi connectivity index (χ1) is 16.0. The molecule has 1 saturated carbocycles. The standard InChI is InChI=1S/C26H24FNO4S/c1-31-26(30)22-15-33-25-24(18-7-8-18)19(13-23(29)28(22)25)11-17-3-2-4-21(12-17)32-14-16-5-9-20(27)10-6-16/h2-6,9-10,12-13,18,22H,7-8,11,14-15H2,1H3/t22-/m0/s1. The number of methoxy groups -OCH3 is 1. The van der Waals surface area contributed by atoms with Crippen molar-refractivity contribution in [1.82, 2.24) is 4.57 Å². The lowest BCUT2D eigenvalue weighted by Gasteiger charge is -2.17. The molecule has 5 rings (SSSR count). The van der Waals surface area contributed by atoms with Crippen molar-refractivity contribution in [2.24, 2.45) is 0 Å². The Morgan fingerprint density at radius 3 is 2.64 bits per heavy atom. The molecule has 7 heteroatoms. The van der Waals surface area contributed by atoms with Gasteiger partial charge >= 0.3 is 5.97 Å². The van der Waals surface area contributed by atoms with E-state index in [1.54, 1.807) is 34.5 Å². The van der Waals surface area contributed by atoms with Crippen molar-refractivity contribution in [3.8, 4) is 5.75 Å². The Kier molecular flexibility index (Phi) is 5.98. The number of carbonyl (C=O) groups excluding carboxylic acids is 1. The third kappa shape index (κ3) is 4.55. The maximum atomic E-state index is 13.1. The number of ether oxygens (including phenoxy) is 2. The molecule has 0 N–H and O–H groups in total. The van der Waals surface area contributed by atoms with Crippen LogP contribution in [0.2, 0.25) is 0 Å². The van der Waals surface area contributed by atoms with E-state index in [0.29, 0.717) is 24.7 Å². The summed E-state index contributed by atoms with van der Waals surface area (Å²) in [5, 5.41) is 0.916. The van der Waals surface area contributed by atoms with Gasteiger partial charge in [0.1, 0.15) is 24.2 Å². The van der Waals surface area contributed by atoms with Gasteiger partial charge in [0.05, 0.1) is 12.1 Å². The van der Waals surface area contributed by atoms with E-state index in [4.69, 9.17) is 9.47 Å². The molecule has 0 saturated heterocycles. The van der Waals surface area contributed by atoms with Gasteiger partial charge in [-0.1, -0.05) is 24.3 Å². The molecule has 2 heterocycles. The van der Waals surface area contributed by atoms with Gasteiger partial charge in [-0.3, -0.25) is 9.36 Å². The lowest BCUT2D eigenvalue weighted by molar-refractivity contribution is -0.143. The number of carbonyl (C=O) groups is 1. The fraction of sp³-hybridized carbons (Fsp3) is 0.308. The second-order valence-electron chi connectivity index (χ2n) is 8.46. The molecular weight excluding hydrogens is 441 g/mol. The number of thioether (sulfide) groups is 1. The van der Waals surface area contributed by atoms with Crippen LogP contribution in [-0.2, 0) is 22.6 Å². The topological polar surface area (TPSA) is 57.5 Å². The summed E-state index contributed by atoms with van der Waals surface area (Å²) in [6.07, 6.45) is 2.82. The van der Waals surface area contributed by atoms with Gasteiger partial charge in [-0.2, -0.15) is 0 Å². The zero-order valence-corrected chi connectivity index (χ0v) is 19.1. The van der Waals surface area contributed by atoms with Gasteiger partial charge in [0.25, 0.3) is 5.56 Å². The van der Waals surface area contributed by atoms with Crippen molar-refractivity contribution < 1.29 is 18.7 Å². The number of esters is 1. The van der Waals surface area contributed by atoms with Crippen molar-refractivity contribution in [2.75, 3.05) is 12.9 Å². The smallest absolute Gasteiger partial charge is 0.329 e. The van der Waals surface area contributed by atoms with Gasteiger partial charge in [0, 0.05) is 11.8 Å². The summed E-state index contributed by atoms with van der Waals surface area (Å²) in [5.74, 6) is 1.04. The number of pyridine rings is 1. The molecule has 0 spiro atoms. The van der Waals surface area contributed by atoms with E-state index in [-0.39, 0.29) is 17.3 Å². The maximum Gasteiger partial charge on any atom is 0.329 e. The number of rotatable bonds is 7. The van der Waals surface area contributed by atoms with Crippen LogP contribution in [0, 0.1) is 5.82 Å². The molecule has 1 aliphatic carbocycles. The van der Waals surface area contributed by atoms with E-state index in [1.807, 2.05) is 24.3 Å². The highest BCUT2D eigenvalue weighted by atomic mass is 32.2. The number of fused-ring (bicyclic) bond motifs is 1. The molecule has 1 aromatic heterocycles. The van der Waals surface area contributed by atoms with E-state index in [0.717, 1.165) is 40.3 Å². The Bertz CT molecular complexity index is 1250. The second-order valence-corrected chi connectivity index (χ2v) is 9.47. The van der Waals surface area contributed by atoms with E-state index < -0.39 is 6.04 Å². The second kappa shape index (κ2) is 9.06. The van der Waals surface area contributed by atoms with Crippen LogP contribution in [0.3, 0.4) is 0 Å². The average molecular weight is 466 g/mol. The lowest BCUT2D eigenvalue weighted by atomic mass is 9.98. The Hall–Kier alpha value is -3.06. The molecule has 0 radical (unpaired) electrons. The fourth-order valence-corrected chi connectivity index (χ4v) is 5.73. The van der Waals surface area contributed by atoms with E-state index in [1.165, 1.54) is 24.8 Å². The fourth-order valence-electron chi connectivity index (χ4n) is 4.32. The van der Waals surface area contributed by atoms with Gasteiger partial charge < -0.3 is 9.47 Å². The van der Waals surface area contributed by atoms with E-state index >= 15 is 0 Å². The summed E-state index contributed by atoms with van der Waals surface area (Å²) < 4.78 is 25.6. The quantitative estimate of drug-likeness (QED) is 0.467. The highest BCUT2D eigenvalue weighted by molar-refractivity contribution is 7.99. The molecule has 2 aromatic carbocycles. The molecule has 5 nitrogen and oxygen atoms in total. The molecule has 1 aliphatic heterocycles. The molecule has 0 unspecified atom stereocenters. The molecule has 3 aromatic rings. The van der Waals surface area contributed by atoms with Gasteiger partial charge in [-0.05, 0) is 71.7 Å². The minimum atomic E-state index is -0.558. The third-order valence-corrected chi connectivity index (χ3v) is 7.26. The van der Waals surface area contributed by atoms with Crippen molar-refractivity contribution in [1.29, 1.82) is 0 Å². The summed E-state index contributed by atoms with van der Waals surface area (Å²) in [7, 11) is 1.36. The van der Waals surface area contributed by atoms with Crippen molar-refractivity contribution in [2.45, 2.75) is 42.9 Å². The number of nitrogens with zero attached hydrogens (tertiary/aromatic N) is 1. The predicted octanol–water partition coefficient (Wildman–Crippen LogP) is 4.85. The highest BCUT2D eigenvalue weighted by Gasteiger charge is 2.38. The number of aromatic nitrogens is 1. The van der Waals surface area contributed by atoms with Crippen LogP contribution in [0.1, 0.15) is 47.1 Å². The molecule has 33 heavy (non-hydrogen) atoms. The first-order valence-electron chi connectivity index (χ1n) is 11.0. The van der Waals surface area contributed by atoms with Crippen molar-refractivity contribution in [3.63, 3.8) is 0 Å². The molecule has 1 atom stereocenters. The number of hydrogen-bond acceptors (Lipinski definition) is 5. The first-order valence-corrected chi connectivity index (χ1v) is 12.0. The molecule has 1 fully saturated rings. The molecule has 2 aliphatic rings. The lowest BCUT2D eigenvalue weighted by Crippen LogP contribution is -2.30. The minimum Gasteiger partial charge on any atom is -0.489 e. The summed E-state index contributed by atoms with van der Waals surface area (Å²) in [6.45, 7) is 0.350. The minimum absolute atomic E-state index is 0.159. The molecule has 170 valence electrons. The van der Waals surface area contributed by atoms with Gasteiger partial charge in [-0.15, -0.1) is 11.8 Å². The Balaban J connectivity index is 1.40. The van der Waals surface area contributed by atoms with Crippen LogP contribution in [0.5, 0.6) is 5.75 Å². The van der Waals surface area contributed by atoms with E-state index in [9.17, 15) is 14.0 Å². The van der Waals surface area contributed by atoms with Gasteiger partial charge in [0.15, 0.2) is 0 Å². The third-order valence-electron chi connectivity index (χ3n) is 6.09. The van der Waals surface area contributed by atoms with Gasteiger partial charge in [0.2, 0.25) is 0 Å². The predicted molar refractivity (Wildman–Crippen MR) is 124 cm³/mol. The van der Waals surface area contributed by atoms with Crippen LogP contribution in [0.4, 0.5) is 4.39 Å².